The Kier molecular flexibility index (Phi) is 21.8. The minimum absolute atomic E-state index is 0.0339. The van der Waals surface area contributed by atoms with E-state index in [1.807, 2.05) is 62.5 Å². The van der Waals surface area contributed by atoms with E-state index in [0.717, 1.165) is 22.1 Å². The molecule has 460 valence electrons. The van der Waals surface area contributed by atoms with Gasteiger partial charge in [-0.3, -0.25) is 24.0 Å². The third-order valence-electron chi connectivity index (χ3n) is 13.8. The van der Waals surface area contributed by atoms with Crippen LogP contribution in [0.4, 0.5) is 10.5 Å². The van der Waals surface area contributed by atoms with Gasteiger partial charge in [0.1, 0.15) is 32.1 Å². The predicted molar refractivity (Wildman–Crippen MR) is 322 cm³/mol. The number of unbranched alkanes of at least 4 members (excludes halogenated alkanes) is 1. The lowest BCUT2D eigenvalue weighted by atomic mass is 9.97. The second-order valence-electron chi connectivity index (χ2n) is 22.1. The van der Waals surface area contributed by atoms with Gasteiger partial charge in [0.25, 0.3) is 5.56 Å². The summed E-state index contributed by atoms with van der Waals surface area (Å²) in [6.45, 7) is 10.7. The highest BCUT2D eigenvalue weighted by molar-refractivity contribution is 7.98. The summed E-state index contributed by atoms with van der Waals surface area (Å²) in [7, 11) is -1.21. The average Bonchev–Trinajstić information content (AvgIpc) is 1.72. The van der Waals surface area contributed by atoms with Gasteiger partial charge in [-0.25, -0.2) is 37.7 Å². The highest BCUT2D eigenvalue weighted by Gasteiger charge is 2.39. The zero-order valence-electron chi connectivity index (χ0n) is 49.7. The summed E-state index contributed by atoms with van der Waals surface area (Å²) >= 11 is 1.45. The lowest BCUT2D eigenvalue weighted by Gasteiger charge is -2.32. The van der Waals surface area contributed by atoms with Crippen LogP contribution in [0, 0.1) is 11.8 Å². The van der Waals surface area contributed by atoms with Crippen LogP contribution in [0.15, 0.2) is 83.1 Å². The number of pyridine rings is 2. The van der Waals surface area contributed by atoms with Gasteiger partial charge in [0, 0.05) is 66.3 Å². The van der Waals surface area contributed by atoms with Crippen LogP contribution in [0.25, 0.3) is 22.3 Å². The first kappa shape index (κ1) is 64.6. The summed E-state index contributed by atoms with van der Waals surface area (Å²) in [4.78, 5) is 104. The fourth-order valence-corrected chi connectivity index (χ4v) is 10.9. The Morgan fingerprint density at radius 1 is 0.954 bits per heavy atom. The molecule has 25 nitrogen and oxygen atoms in total. The van der Waals surface area contributed by atoms with E-state index in [1.54, 1.807) is 78.3 Å². The third kappa shape index (κ3) is 17.8. The van der Waals surface area contributed by atoms with Crippen LogP contribution in [0.5, 0.6) is 0 Å². The fraction of sp³-hybridized carbons (Fsp3) is 0.433. The molecule has 8 rings (SSSR count). The Bertz CT molecular complexity index is 3670. The number of carbonyl (C=O) groups is 6. The standard InChI is InChI=1S/C60H70N12O13S2/c1-37(2)72(87(8)80)23-22-42-43-15-12-13-16-47(43)66-53-45(42)30-71-48(53)24-44-46(55(71)77)32-82-56(78)54(44)85-58(79)83-31-38-18-20-40(21-19-38)65-50(74)28-62-51(75)33-81-34-52(76)67-59(3,4)36-84-60(5,6)35-70-29-41(68-69-70)27-61-49(73)17-11-9-10-14-39-25-63-57(86-7)64-26-39/h12-13,15-16,18-21,24-26,29,37,54H,9,11,17,22-23,27-28,30-36H2,1-8H3,(H,61,73)(H,62,75)(H,65,74)(H,67,76). The number of cyclic esters (lactones) is 1. The first-order chi connectivity index (χ1) is 41.5. The molecular weight excluding hydrogens is 1160 g/mol. The Morgan fingerprint density at radius 2 is 1.70 bits per heavy atom. The summed E-state index contributed by atoms with van der Waals surface area (Å²) in [5.41, 5.74) is 4.06. The maximum Gasteiger partial charge on any atom is 0.509 e. The average molecular weight is 1230 g/mol. The van der Waals surface area contributed by atoms with Crippen LogP contribution in [0.2, 0.25) is 0 Å². The molecule has 0 fully saturated rings. The molecular formula is C60H70N12O13S2. The topological polar surface area (TPSA) is 308 Å². The van der Waals surface area contributed by atoms with Crippen molar-refractivity contribution in [3.8, 4) is 23.2 Å². The molecule has 0 saturated carbocycles. The van der Waals surface area contributed by atoms with E-state index in [0.29, 0.717) is 77.8 Å². The molecule has 2 atom stereocenters. The number of esters is 1. The molecule has 27 heteroatoms. The molecule has 0 aliphatic carbocycles. The van der Waals surface area contributed by atoms with Gasteiger partial charge in [0.05, 0.1) is 89.1 Å². The van der Waals surface area contributed by atoms with Gasteiger partial charge in [0.2, 0.25) is 29.7 Å². The van der Waals surface area contributed by atoms with Crippen LogP contribution in [-0.4, -0.2) is 141 Å². The Morgan fingerprint density at radius 3 is 2.44 bits per heavy atom. The SMILES string of the molecule is CSc1ncc(C#CCCCC(=O)NCc2cn(CC(C)(C)OCC(C)(C)NC(=O)COCC(=O)NCC(=O)Nc3ccc(COC(=O)OC4C(=O)OCc5c4cc4n(c5=O)Cc5c-4nc4ccccc4c5CCN(C(C)C)S(C)=O)cc3)nn2)cn1. The molecule has 6 aromatic rings. The lowest BCUT2D eigenvalue weighted by Crippen LogP contribution is -2.50. The minimum atomic E-state index is -1.60. The summed E-state index contributed by atoms with van der Waals surface area (Å²) in [5, 5.41) is 20.7. The molecule has 0 radical (unpaired) electrons. The number of carbonyl (C=O) groups excluding carboxylic acids is 6. The maximum atomic E-state index is 14.1. The first-order valence-corrected chi connectivity index (χ1v) is 30.8. The number of amides is 4. The van der Waals surface area contributed by atoms with E-state index in [2.05, 4.69) is 53.4 Å². The second-order valence-corrected chi connectivity index (χ2v) is 24.2. The second kappa shape index (κ2) is 29.3. The fourth-order valence-electron chi connectivity index (χ4n) is 9.60. The van der Waals surface area contributed by atoms with Crippen LogP contribution in [0.3, 0.4) is 0 Å². The van der Waals surface area contributed by atoms with Gasteiger partial charge in [-0.2, -0.15) is 0 Å². The summed E-state index contributed by atoms with van der Waals surface area (Å²) in [5.74, 6) is 3.37. The summed E-state index contributed by atoms with van der Waals surface area (Å²) in [6, 6.07) is 15.6. The van der Waals surface area contributed by atoms with Crippen LogP contribution >= 0.6 is 11.8 Å². The van der Waals surface area contributed by atoms with Gasteiger partial charge in [-0.05, 0) is 96.0 Å². The van der Waals surface area contributed by atoms with Gasteiger partial charge < -0.3 is 49.5 Å². The molecule has 0 bridgehead atoms. The number of nitrogens with zero attached hydrogens (tertiary/aromatic N) is 8. The number of thioether (sulfide) groups is 1. The normalized spacial score (nSPS) is 13.8. The third-order valence-corrected chi connectivity index (χ3v) is 15.7. The zero-order chi connectivity index (χ0) is 62.4. The van der Waals surface area contributed by atoms with Crippen molar-refractivity contribution in [2.75, 3.05) is 50.7 Å². The van der Waals surface area contributed by atoms with Gasteiger partial charge in [-0.1, -0.05) is 59.1 Å². The number of anilines is 1. The predicted octanol–water partition coefficient (Wildman–Crippen LogP) is 4.83. The maximum absolute atomic E-state index is 14.1. The van der Waals surface area contributed by atoms with Crippen molar-refractivity contribution in [3.63, 3.8) is 0 Å². The molecule has 87 heavy (non-hydrogen) atoms. The van der Waals surface area contributed by atoms with E-state index < -0.39 is 83.4 Å². The summed E-state index contributed by atoms with van der Waals surface area (Å²) < 4.78 is 45.4. The monoisotopic (exact) mass is 1230 g/mol. The molecule has 4 aromatic heterocycles. The molecule has 2 unspecified atom stereocenters. The van der Waals surface area contributed by atoms with Gasteiger partial charge in [-0.15, -0.1) is 5.10 Å². The molecule has 2 aliphatic rings. The Hall–Kier alpha value is -8.42. The molecule has 2 aliphatic heterocycles. The largest absolute Gasteiger partial charge is 0.509 e. The van der Waals surface area contributed by atoms with Crippen molar-refractivity contribution < 1.29 is 56.7 Å². The molecule has 0 spiro atoms. The molecule has 2 aromatic carbocycles. The lowest BCUT2D eigenvalue weighted by molar-refractivity contribution is -0.159. The Balaban J connectivity index is 0.715. The molecule has 4 N–H and O–H groups in total. The smallest absolute Gasteiger partial charge is 0.458 e. The van der Waals surface area contributed by atoms with Crippen molar-refractivity contribution in [2.24, 2.45) is 0 Å². The Labute approximate surface area is 509 Å². The number of aromatic nitrogens is 7. The van der Waals surface area contributed by atoms with Crippen molar-refractivity contribution in [1.29, 1.82) is 0 Å². The van der Waals surface area contributed by atoms with E-state index in [1.165, 1.54) is 11.8 Å². The van der Waals surface area contributed by atoms with E-state index in [-0.39, 0.29) is 56.0 Å². The number of hydrogen-bond acceptors (Lipinski definition) is 19. The van der Waals surface area contributed by atoms with Gasteiger partial charge >= 0.3 is 12.1 Å². The first-order valence-electron chi connectivity index (χ1n) is 28.0. The van der Waals surface area contributed by atoms with Crippen molar-refractivity contribution in [3.05, 3.63) is 123 Å². The van der Waals surface area contributed by atoms with Crippen molar-refractivity contribution in [1.82, 2.24) is 54.8 Å². The minimum Gasteiger partial charge on any atom is -0.458 e. The molecule has 6 heterocycles. The number of nitrogens with one attached hydrogen (secondary N) is 4. The number of hydrogen-bond donors (Lipinski definition) is 4. The number of para-hydroxylation sites is 1. The summed E-state index contributed by atoms with van der Waals surface area (Å²) in [6.07, 6.45) is 7.83. The van der Waals surface area contributed by atoms with Crippen molar-refractivity contribution >= 4 is 75.1 Å². The number of rotatable bonds is 27. The quantitative estimate of drug-likeness (QED) is 0.0176. The zero-order valence-corrected chi connectivity index (χ0v) is 51.3. The van der Waals surface area contributed by atoms with E-state index in [9.17, 15) is 37.8 Å². The number of ether oxygens (including phenoxy) is 5. The molecule has 0 saturated heterocycles. The van der Waals surface area contributed by atoms with Crippen molar-refractivity contribution in [2.45, 2.75) is 129 Å². The highest BCUT2D eigenvalue weighted by Crippen LogP contribution is 2.39. The highest BCUT2D eigenvalue weighted by atomic mass is 32.2. The van der Waals surface area contributed by atoms with Crippen LogP contribution in [-0.2, 0) is 97.9 Å². The number of fused-ring (bicyclic) bond motifs is 5. The number of benzene rings is 2. The van der Waals surface area contributed by atoms with E-state index >= 15 is 0 Å². The van der Waals surface area contributed by atoms with E-state index in [4.69, 9.17) is 28.7 Å². The molecule has 4 amide bonds. The van der Waals surface area contributed by atoms with Gasteiger partial charge in [0.15, 0.2) is 5.16 Å². The van der Waals surface area contributed by atoms with Crippen LogP contribution < -0.4 is 26.8 Å². The van der Waals surface area contributed by atoms with Crippen LogP contribution in [0.1, 0.15) is 106 Å².